The fourth-order valence-corrected chi connectivity index (χ4v) is 2.40. The third-order valence-corrected chi connectivity index (χ3v) is 3.77. The minimum absolute atomic E-state index is 0.241. The molecule has 2 aromatic rings. The Morgan fingerprint density at radius 2 is 2.05 bits per heavy atom. The molecule has 0 aromatic heterocycles. The summed E-state index contributed by atoms with van der Waals surface area (Å²) in [5, 5.41) is 2.91. The van der Waals surface area contributed by atoms with E-state index in [2.05, 4.69) is 21.2 Å². The predicted octanol–water partition coefficient (Wildman–Crippen LogP) is 4.71. The van der Waals surface area contributed by atoms with Crippen molar-refractivity contribution in [1.29, 1.82) is 0 Å². The normalized spacial score (nSPS) is 10.4. The van der Waals surface area contributed by atoms with Crippen LogP contribution in [0.5, 0.6) is 0 Å². The molecule has 0 bridgehead atoms. The van der Waals surface area contributed by atoms with Gasteiger partial charge in [-0.1, -0.05) is 25.1 Å². The zero-order chi connectivity index (χ0) is 14.7. The van der Waals surface area contributed by atoms with Crippen molar-refractivity contribution in [1.82, 2.24) is 0 Å². The van der Waals surface area contributed by atoms with Gasteiger partial charge in [0, 0.05) is 11.3 Å². The van der Waals surface area contributed by atoms with Crippen molar-refractivity contribution in [3.05, 3.63) is 63.4 Å². The zero-order valence-electron chi connectivity index (χ0n) is 11.3. The molecule has 1 N–H and O–H groups in total. The average molecular weight is 336 g/mol. The molecule has 4 heteroatoms. The fourth-order valence-electron chi connectivity index (χ4n) is 2.03. The van der Waals surface area contributed by atoms with E-state index in [4.69, 9.17) is 0 Å². The van der Waals surface area contributed by atoms with Crippen LogP contribution in [-0.2, 0) is 6.42 Å². The Hall–Kier alpha value is -1.68. The average Bonchev–Trinajstić information content (AvgIpc) is 2.44. The van der Waals surface area contributed by atoms with E-state index in [9.17, 15) is 9.18 Å². The molecule has 0 fully saturated rings. The quantitative estimate of drug-likeness (QED) is 0.864. The molecule has 0 saturated carbocycles. The summed E-state index contributed by atoms with van der Waals surface area (Å²) < 4.78 is 13.5. The van der Waals surface area contributed by atoms with Gasteiger partial charge >= 0.3 is 0 Å². The Kier molecular flexibility index (Phi) is 4.55. The molecule has 0 radical (unpaired) electrons. The third kappa shape index (κ3) is 3.07. The lowest BCUT2D eigenvalue weighted by atomic mass is 10.1. The maximum absolute atomic E-state index is 13.2. The summed E-state index contributed by atoms with van der Waals surface area (Å²) in [4.78, 5) is 12.2. The number of carbonyl (C=O) groups excluding carboxylic acids is 1. The lowest BCUT2D eigenvalue weighted by Crippen LogP contribution is -2.14. The van der Waals surface area contributed by atoms with Crippen molar-refractivity contribution in [3.63, 3.8) is 0 Å². The zero-order valence-corrected chi connectivity index (χ0v) is 12.9. The predicted molar refractivity (Wildman–Crippen MR) is 82.6 cm³/mol. The number of anilines is 1. The first-order chi connectivity index (χ1) is 9.52. The number of benzene rings is 2. The van der Waals surface area contributed by atoms with Gasteiger partial charge in [0.2, 0.25) is 0 Å². The third-order valence-electron chi connectivity index (χ3n) is 3.16. The molecule has 2 nitrogen and oxygen atoms in total. The van der Waals surface area contributed by atoms with Gasteiger partial charge in [-0.05, 0) is 58.6 Å². The Labute approximate surface area is 126 Å². The van der Waals surface area contributed by atoms with Crippen LogP contribution >= 0.6 is 15.9 Å². The summed E-state index contributed by atoms with van der Waals surface area (Å²) in [6.45, 7) is 3.99. The molecule has 0 aliphatic rings. The van der Waals surface area contributed by atoms with E-state index in [1.165, 1.54) is 18.2 Å². The van der Waals surface area contributed by atoms with E-state index in [0.717, 1.165) is 23.2 Å². The van der Waals surface area contributed by atoms with E-state index in [0.29, 0.717) is 5.56 Å². The van der Waals surface area contributed by atoms with Crippen molar-refractivity contribution >= 4 is 27.5 Å². The number of halogens is 2. The smallest absolute Gasteiger partial charge is 0.255 e. The van der Waals surface area contributed by atoms with Gasteiger partial charge in [-0.15, -0.1) is 0 Å². The van der Waals surface area contributed by atoms with E-state index < -0.39 is 0 Å². The fraction of sp³-hybridized carbons (Fsp3) is 0.188. The minimum atomic E-state index is -0.383. The molecule has 0 aliphatic heterocycles. The van der Waals surface area contributed by atoms with Gasteiger partial charge in [-0.2, -0.15) is 0 Å². The Bertz CT molecular complexity index is 655. The summed E-state index contributed by atoms with van der Waals surface area (Å²) in [6.07, 6.45) is 0.838. The highest BCUT2D eigenvalue weighted by Crippen LogP contribution is 2.23. The SMILES string of the molecule is CCc1cccc(C)c1NC(=O)c1ccc(F)c(Br)c1. The van der Waals surface area contributed by atoms with Crippen LogP contribution in [-0.4, -0.2) is 5.91 Å². The topological polar surface area (TPSA) is 29.1 Å². The largest absolute Gasteiger partial charge is 0.321 e. The maximum Gasteiger partial charge on any atom is 0.255 e. The molecular weight excluding hydrogens is 321 g/mol. The number of nitrogens with one attached hydrogen (secondary N) is 1. The highest BCUT2D eigenvalue weighted by molar-refractivity contribution is 9.10. The van der Waals surface area contributed by atoms with Gasteiger partial charge in [-0.25, -0.2) is 4.39 Å². The molecule has 0 aliphatic carbocycles. The number of para-hydroxylation sites is 1. The van der Waals surface area contributed by atoms with Crippen molar-refractivity contribution < 1.29 is 9.18 Å². The van der Waals surface area contributed by atoms with E-state index in [1.54, 1.807) is 0 Å². The Balaban J connectivity index is 2.30. The molecule has 20 heavy (non-hydrogen) atoms. The van der Waals surface area contributed by atoms with Crippen molar-refractivity contribution in [3.8, 4) is 0 Å². The van der Waals surface area contributed by atoms with Crippen LogP contribution in [0.25, 0.3) is 0 Å². The number of amides is 1. The molecule has 2 aromatic carbocycles. The van der Waals surface area contributed by atoms with Gasteiger partial charge < -0.3 is 5.32 Å². The van der Waals surface area contributed by atoms with Crippen LogP contribution in [0.3, 0.4) is 0 Å². The summed E-state index contributed by atoms with van der Waals surface area (Å²) in [7, 11) is 0. The van der Waals surface area contributed by atoms with E-state index in [-0.39, 0.29) is 16.2 Å². The molecule has 0 atom stereocenters. The summed E-state index contributed by atoms with van der Waals surface area (Å²) in [6, 6.07) is 10.1. The summed E-state index contributed by atoms with van der Waals surface area (Å²) in [5.74, 6) is -0.624. The molecule has 2 rings (SSSR count). The standard InChI is InChI=1S/C16H15BrFNO/c1-3-11-6-4-5-10(2)15(11)19-16(20)12-7-8-14(18)13(17)9-12/h4-9H,3H2,1-2H3,(H,19,20). The summed E-state index contributed by atoms with van der Waals surface area (Å²) in [5.41, 5.74) is 3.35. The highest BCUT2D eigenvalue weighted by atomic mass is 79.9. The van der Waals surface area contributed by atoms with Crippen LogP contribution in [0, 0.1) is 12.7 Å². The Morgan fingerprint density at radius 3 is 2.70 bits per heavy atom. The molecule has 1 amide bonds. The minimum Gasteiger partial charge on any atom is -0.321 e. The number of carbonyl (C=O) groups is 1. The van der Waals surface area contributed by atoms with Gasteiger partial charge in [-0.3, -0.25) is 4.79 Å². The second-order valence-electron chi connectivity index (χ2n) is 4.55. The van der Waals surface area contributed by atoms with Crippen LogP contribution in [0.2, 0.25) is 0 Å². The highest BCUT2D eigenvalue weighted by Gasteiger charge is 2.12. The summed E-state index contributed by atoms with van der Waals surface area (Å²) >= 11 is 3.09. The van der Waals surface area contributed by atoms with Crippen LogP contribution in [0.4, 0.5) is 10.1 Å². The van der Waals surface area contributed by atoms with Crippen molar-refractivity contribution in [2.24, 2.45) is 0 Å². The van der Waals surface area contributed by atoms with E-state index >= 15 is 0 Å². The van der Waals surface area contributed by atoms with Crippen molar-refractivity contribution in [2.45, 2.75) is 20.3 Å². The van der Waals surface area contributed by atoms with Crippen LogP contribution in [0.1, 0.15) is 28.4 Å². The second kappa shape index (κ2) is 6.18. The molecule has 0 heterocycles. The molecule has 0 unspecified atom stereocenters. The van der Waals surface area contributed by atoms with Crippen molar-refractivity contribution in [2.75, 3.05) is 5.32 Å². The molecule has 0 saturated heterocycles. The lowest BCUT2D eigenvalue weighted by Gasteiger charge is -2.13. The van der Waals surface area contributed by atoms with Gasteiger partial charge in [0.05, 0.1) is 4.47 Å². The number of aryl methyl sites for hydroxylation is 2. The number of hydrogen-bond acceptors (Lipinski definition) is 1. The second-order valence-corrected chi connectivity index (χ2v) is 5.40. The number of hydrogen-bond donors (Lipinski definition) is 1. The first-order valence-corrected chi connectivity index (χ1v) is 7.17. The van der Waals surface area contributed by atoms with Gasteiger partial charge in [0.1, 0.15) is 5.82 Å². The van der Waals surface area contributed by atoms with Gasteiger partial charge in [0.25, 0.3) is 5.91 Å². The maximum atomic E-state index is 13.2. The lowest BCUT2D eigenvalue weighted by molar-refractivity contribution is 0.102. The van der Waals surface area contributed by atoms with Crippen LogP contribution < -0.4 is 5.32 Å². The Morgan fingerprint density at radius 1 is 1.30 bits per heavy atom. The molecule has 104 valence electrons. The monoisotopic (exact) mass is 335 g/mol. The first kappa shape index (κ1) is 14.7. The van der Waals surface area contributed by atoms with Crippen LogP contribution in [0.15, 0.2) is 40.9 Å². The molecule has 0 spiro atoms. The number of rotatable bonds is 3. The van der Waals surface area contributed by atoms with Gasteiger partial charge in [0.15, 0.2) is 0 Å². The van der Waals surface area contributed by atoms with E-state index in [1.807, 2.05) is 32.0 Å². The molecular formula is C16H15BrFNO. The first-order valence-electron chi connectivity index (χ1n) is 6.37.